The Morgan fingerprint density at radius 1 is 1.09 bits per heavy atom. The summed E-state index contributed by atoms with van der Waals surface area (Å²) in [5.41, 5.74) is 0.496. The molecule has 2 aliphatic rings. The average Bonchev–Trinajstić information content (AvgIpc) is 3.49. The number of nitrogens with zero attached hydrogens (tertiary/aromatic N) is 7. The predicted molar refractivity (Wildman–Crippen MR) is 103 cm³/mol. The number of hydrogen-bond acceptors (Lipinski definition) is 7. The van der Waals surface area contributed by atoms with Gasteiger partial charge >= 0.3 is 6.18 Å². The van der Waals surface area contributed by atoms with Crippen LogP contribution in [-0.4, -0.2) is 58.9 Å². The molecule has 0 unspecified atom stereocenters. The van der Waals surface area contributed by atoms with E-state index in [0.29, 0.717) is 18.3 Å². The van der Waals surface area contributed by atoms with E-state index in [-0.39, 0.29) is 35.7 Å². The van der Waals surface area contributed by atoms with Gasteiger partial charge in [-0.25, -0.2) is 15.0 Å². The number of alkyl halides is 3. The molecule has 0 radical (unpaired) electrons. The average molecular weight is 445 g/mol. The van der Waals surface area contributed by atoms with E-state index in [9.17, 15) is 18.0 Å². The van der Waals surface area contributed by atoms with Crippen molar-refractivity contribution in [3.63, 3.8) is 0 Å². The summed E-state index contributed by atoms with van der Waals surface area (Å²) in [6.45, 7) is 1.86. The lowest BCUT2D eigenvalue weighted by Crippen LogP contribution is -2.40. The zero-order valence-corrected chi connectivity index (χ0v) is 16.9. The van der Waals surface area contributed by atoms with E-state index in [2.05, 4.69) is 25.1 Å². The van der Waals surface area contributed by atoms with Gasteiger partial charge in [-0.2, -0.15) is 23.4 Å². The molecule has 5 heterocycles. The molecule has 0 saturated carbocycles. The van der Waals surface area contributed by atoms with Crippen molar-refractivity contribution in [1.82, 2.24) is 34.8 Å². The van der Waals surface area contributed by atoms with E-state index < -0.39 is 11.9 Å². The topological polar surface area (TPSA) is 98.9 Å². The van der Waals surface area contributed by atoms with Crippen molar-refractivity contribution in [3.05, 3.63) is 54.0 Å². The monoisotopic (exact) mass is 445 g/mol. The number of fused-ring (bicyclic) bond motifs is 2. The molecule has 0 aromatic carbocycles. The fourth-order valence-corrected chi connectivity index (χ4v) is 4.39. The number of halogens is 3. The number of ether oxygens (including phenoxy) is 1. The number of hydrogen-bond donors (Lipinski definition) is 0. The van der Waals surface area contributed by atoms with Crippen LogP contribution in [0, 0.1) is 6.92 Å². The van der Waals surface area contributed by atoms with Crippen molar-refractivity contribution in [2.45, 2.75) is 50.6 Å². The van der Waals surface area contributed by atoms with E-state index in [1.165, 1.54) is 17.2 Å². The second kappa shape index (κ2) is 7.53. The summed E-state index contributed by atoms with van der Waals surface area (Å²) >= 11 is 0. The van der Waals surface area contributed by atoms with Crippen LogP contribution in [0.15, 0.2) is 37.1 Å². The molecular weight excluding hydrogens is 427 g/mol. The van der Waals surface area contributed by atoms with Crippen LogP contribution < -0.4 is 4.74 Å². The molecule has 2 fully saturated rings. The van der Waals surface area contributed by atoms with Crippen LogP contribution >= 0.6 is 0 Å². The quantitative estimate of drug-likeness (QED) is 0.609. The van der Waals surface area contributed by atoms with Crippen molar-refractivity contribution in [3.8, 4) is 11.6 Å². The summed E-state index contributed by atoms with van der Waals surface area (Å²) < 4.78 is 43.9. The van der Waals surface area contributed by atoms with Crippen LogP contribution in [0.2, 0.25) is 0 Å². The number of carbonyl (C=O) groups excluding carboxylic acids is 1. The van der Waals surface area contributed by atoms with Crippen molar-refractivity contribution < 1.29 is 22.7 Å². The minimum absolute atomic E-state index is 0.00200. The molecular formula is C20H18F3N7O2. The summed E-state index contributed by atoms with van der Waals surface area (Å²) in [6, 6.07) is 1.50. The van der Waals surface area contributed by atoms with Gasteiger partial charge in [0, 0.05) is 18.7 Å². The minimum atomic E-state index is -4.57. The molecule has 0 N–H and O–H groups in total. The van der Waals surface area contributed by atoms with Gasteiger partial charge in [0.15, 0.2) is 11.4 Å². The van der Waals surface area contributed by atoms with Crippen molar-refractivity contribution in [2.75, 3.05) is 0 Å². The third-order valence-electron chi connectivity index (χ3n) is 5.75. The number of rotatable bonds is 4. The highest BCUT2D eigenvalue weighted by Crippen LogP contribution is 2.40. The van der Waals surface area contributed by atoms with E-state index in [4.69, 9.17) is 4.74 Å². The van der Waals surface area contributed by atoms with Crippen molar-refractivity contribution >= 4 is 5.91 Å². The highest BCUT2D eigenvalue weighted by Gasteiger charge is 2.51. The Balaban J connectivity index is 1.37. The Hall–Kier alpha value is -3.57. The lowest BCUT2D eigenvalue weighted by Gasteiger charge is -2.25. The third kappa shape index (κ3) is 3.55. The lowest BCUT2D eigenvalue weighted by atomic mass is 9.98. The standard InChI is InChI=1S/C20H18F3N7O2/c1-11-6-14(30-27-4-5-28-30)18(26-8-11)19(31)29-12-2-3-13(29)15(7-12)32-17-10-24-16(9-25-17)20(21,22)23/h4-6,8-10,12-13,15H,2-3,7H2,1H3/t12-,13+,15-/m1/s1. The number of pyridine rings is 1. The number of aromatic nitrogens is 6. The number of amides is 1. The molecule has 2 aliphatic heterocycles. The van der Waals surface area contributed by atoms with E-state index in [0.717, 1.165) is 24.6 Å². The molecule has 1 amide bonds. The zero-order chi connectivity index (χ0) is 22.5. The Bertz CT molecular complexity index is 1140. The maximum Gasteiger partial charge on any atom is 0.434 e. The first-order valence-electron chi connectivity index (χ1n) is 10.0. The summed E-state index contributed by atoms with van der Waals surface area (Å²) in [5, 5.41) is 8.24. The highest BCUT2D eigenvalue weighted by atomic mass is 19.4. The maximum atomic E-state index is 13.5. The first-order chi connectivity index (χ1) is 15.3. The van der Waals surface area contributed by atoms with Crippen LogP contribution in [0.25, 0.3) is 5.69 Å². The zero-order valence-electron chi connectivity index (χ0n) is 16.9. The van der Waals surface area contributed by atoms with Gasteiger partial charge in [-0.1, -0.05) is 0 Å². The largest absolute Gasteiger partial charge is 0.471 e. The van der Waals surface area contributed by atoms with E-state index >= 15 is 0 Å². The van der Waals surface area contributed by atoms with E-state index in [1.54, 1.807) is 17.2 Å². The Kier molecular flexibility index (Phi) is 4.79. The molecule has 3 aromatic heterocycles. The maximum absolute atomic E-state index is 13.5. The van der Waals surface area contributed by atoms with Gasteiger partial charge in [-0.15, -0.1) is 4.80 Å². The fraction of sp³-hybridized carbons (Fsp3) is 0.400. The van der Waals surface area contributed by atoms with Gasteiger partial charge in [-0.05, 0) is 31.4 Å². The lowest BCUT2D eigenvalue weighted by molar-refractivity contribution is -0.141. The molecule has 2 saturated heterocycles. The highest BCUT2D eigenvalue weighted by molar-refractivity contribution is 5.96. The first kappa shape index (κ1) is 20.3. The van der Waals surface area contributed by atoms with E-state index in [1.807, 2.05) is 6.92 Å². The molecule has 12 heteroatoms. The summed E-state index contributed by atoms with van der Waals surface area (Å²) in [4.78, 5) is 28.1. The number of aryl methyl sites for hydroxylation is 1. The van der Waals surface area contributed by atoms with Gasteiger partial charge in [0.05, 0.1) is 30.8 Å². The van der Waals surface area contributed by atoms with Crippen LogP contribution in [0.3, 0.4) is 0 Å². The van der Waals surface area contributed by atoms with Gasteiger partial charge in [0.2, 0.25) is 5.88 Å². The molecule has 166 valence electrons. The molecule has 3 atom stereocenters. The van der Waals surface area contributed by atoms with Crippen LogP contribution in [0.4, 0.5) is 13.2 Å². The van der Waals surface area contributed by atoms with Crippen LogP contribution in [-0.2, 0) is 6.18 Å². The Labute approximate surface area is 180 Å². The SMILES string of the molecule is Cc1cnc(C(=O)N2[C@@H]3CC[C@H]2[C@H](Oc2cnc(C(F)(F)F)cn2)C3)c(-n2nccn2)c1. The summed E-state index contributed by atoms with van der Waals surface area (Å²) in [7, 11) is 0. The molecule has 0 spiro atoms. The molecule has 32 heavy (non-hydrogen) atoms. The first-order valence-corrected chi connectivity index (χ1v) is 10.0. The summed E-state index contributed by atoms with van der Waals surface area (Å²) in [6.07, 6.45) is 3.39. The smallest absolute Gasteiger partial charge is 0.434 e. The molecule has 9 nitrogen and oxygen atoms in total. The van der Waals surface area contributed by atoms with Gasteiger partial charge < -0.3 is 9.64 Å². The Morgan fingerprint density at radius 2 is 1.88 bits per heavy atom. The van der Waals surface area contributed by atoms with Gasteiger partial charge in [0.1, 0.15) is 11.8 Å². The molecule has 5 rings (SSSR count). The second-order valence-electron chi connectivity index (χ2n) is 7.84. The fourth-order valence-electron chi connectivity index (χ4n) is 4.39. The molecule has 0 aliphatic carbocycles. The Morgan fingerprint density at radius 3 is 2.56 bits per heavy atom. The summed E-state index contributed by atoms with van der Waals surface area (Å²) in [5.74, 6) is -0.257. The number of carbonyl (C=O) groups is 1. The second-order valence-corrected chi connectivity index (χ2v) is 7.84. The van der Waals surface area contributed by atoms with Crippen molar-refractivity contribution in [1.29, 1.82) is 0 Å². The molecule has 3 aromatic rings. The third-order valence-corrected chi connectivity index (χ3v) is 5.75. The predicted octanol–water partition coefficient (Wildman–Crippen LogP) is 2.60. The minimum Gasteiger partial charge on any atom is -0.471 e. The van der Waals surface area contributed by atoms with Crippen LogP contribution in [0.1, 0.15) is 41.0 Å². The normalized spacial score (nSPS) is 22.4. The molecule has 2 bridgehead atoms. The van der Waals surface area contributed by atoms with Crippen LogP contribution in [0.5, 0.6) is 5.88 Å². The van der Waals surface area contributed by atoms with Gasteiger partial charge in [-0.3, -0.25) is 4.79 Å². The van der Waals surface area contributed by atoms with Crippen molar-refractivity contribution in [2.24, 2.45) is 0 Å². The van der Waals surface area contributed by atoms with Gasteiger partial charge in [0.25, 0.3) is 5.91 Å².